The maximum absolute atomic E-state index is 13.1. The molecule has 7 nitrogen and oxygen atoms in total. The van der Waals surface area contributed by atoms with Gasteiger partial charge < -0.3 is 5.32 Å². The molecule has 0 spiro atoms. The van der Waals surface area contributed by atoms with Crippen molar-refractivity contribution in [3.8, 4) is 0 Å². The molecule has 0 unspecified atom stereocenters. The average molecular weight is 390 g/mol. The summed E-state index contributed by atoms with van der Waals surface area (Å²) in [6.07, 6.45) is 0.764. The van der Waals surface area contributed by atoms with Crippen LogP contribution in [-0.2, 0) is 17.9 Å². The van der Waals surface area contributed by atoms with Gasteiger partial charge in [0.25, 0.3) is 5.56 Å². The number of hydrogen-bond acceptors (Lipinski definition) is 5. The van der Waals surface area contributed by atoms with Crippen LogP contribution in [0.3, 0.4) is 0 Å². The van der Waals surface area contributed by atoms with Crippen LogP contribution >= 0.6 is 11.5 Å². The van der Waals surface area contributed by atoms with Gasteiger partial charge in [-0.1, -0.05) is 19.1 Å². The monoisotopic (exact) mass is 390 g/mol. The smallest absolute Gasteiger partial charge is 0.332 e. The van der Waals surface area contributed by atoms with Crippen molar-refractivity contribution in [1.29, 1.82) is 0 Å². The molecule has 0 saturated heterocycles. The molecule has 2 aromatic heterocycles. The second-order valence-corrected chi connectivity index (χ2v) is 6.94. The maximum atomic E-state index is 13.1. The Hall–Kier alpha value is -2.81. The van der Waals surface area contributed by atoms with Gasteiger partial charge in [-0.15, -0.1) is 0 Å². The van der Waals surface area contributed by atoms with Crippen LogP contribution in [0.5, 0.6) is 0 Å². The third-order valence-electron chi connectivity index (χ3n) is 4.33. The van der Waals surface area contributed by atoms with Crippen LogP contribution in [-0.4, -0.2) is 25.5 Å². The number of nitrogens with one attached hydrogen (secondary N) is 1. The molecule has 1 amide bonds. The van der Waals surface area contributed by atoms with Crippen molar-refractivity contribution in [3.63, 3.8) is 0 Å². The molecular formula is C18H19FN4O3S. The van der Waals surface area contributed by atoms with Gasteiger partial charge >= 0.3 is 5.69 Å². The van der Waals surface area contributed by atoms with Crippen LogP contribution in [0.1, 0.15) is 25.8 Å². The van der Waals surface area contributed by atoms with Crippen LogP contribution in [0.4, 0.5) is 4.39 Å². The lowest BCUT2D eigenvalue weighted by atomic mass is 10.2. The van der Waals surface area contributed by atoms with E-state index in [9.17, 15) is 18.8 Å². The summed E-state index contributed by atoms with van der Waals surface area (Å²) >= 11 is 1.05. The number of halogens is 1. The number of aromatic nitrogens is 3. The predicted molar refractivity (Wildman–Crippen MR) is 102 cm³/mol. The first kappa shape index (κ1) is 19.0. The van der Waals surface area contributed by atoms with Gasteiger partial charge in [-0.05, 0) is 42.6 Å². The molecule has 1 N–H and O–H groups in total. The summed E-state index contributed by atoms with van der Waals surface area (Å²) in [5.74, 6) is -0.717. The normalized spacial score (nSPS) is 12.3. The van der Waals surface area contributed by atoms with E-state index in [1.807, 2.05) is 13.8 Å². The molecule has 1 atom stereocenters. The second-order valence-electron chi connectivity index (χ2n) is 6.31. The molecule has 0 bridgehead atoms. The highest BCUT2D eigenvalue weighted by Gasteiger charge is 2.18. The minimum absolute atomic E-state index is 0.0191. The van der Waals surface area contributed by atoms with Gasteiger partial charge in [0, 0.05) is 11.4 Å². The second kappa shape index (κ2) is 7.83. The van der Waals surface area contributed by atoms with Crippen LogP contribution in [0.2, 0.25) is 0 Å². The van der Waals surface area contributed by atoms with Gasteiger partial charge in [0.1, 0.15) is 12.4 Å². The van der Waals surface area contributed by atoms with Crippen molar-refractivity contribution in [2.24, 2.45) is 0 Å². The zero-order valence-corrected chi connectivity index (χ0v) is 15.8. The van der Waals surface area contributed by atoms with E-state index in [2.05, 4.69) is 9.69 Å². The largest absolute Gasteiger partial charge is 0.352 e. The SMILES string of the molecule is CC[C@H](C)NC(=O)Cn1c(=O)n(Cc2ccc(F)cc2)c(=O)c2nscc21. The fourth-order valence-electron chi connectivity index (χ4n) is 2.67. The first-order valence-electron chi connectivity index (χ1n) is 8.52. The summed E-state index contributed by atoms with van der Waals surface area (Å²) in [6, 6.07) is 5.52. The van der Waals surface area contributed by atoms with E-state index in [1.54, 1.807) is 5.38 Å². The summed E-state index contributed by atoms with van der Waals surface area (Å²) in [7, 11) is 0. The Labute approximate surface area is 158 Å². The molecule has 0 aliphatic rings. The van der Waals surface area contributed by atoms with Gasteiger partial charge in [0.15, 0.2) is 5.52 Å². The molecule has 142 valence electrons. The summed E-state index contributed by atoms with van der Waals surface area (Å²) in [5, 5.41) is 4.39. The molecule has 3 rings (SSSR count). The van der Waals surface area contributed by atoms with E-state index in [4.69, 9.17) is 0 Å². The van der Waals surface area contributed by atoms with Crippen LogP contribution in [0.25, 0.3) is 11.0 Å². The number of hydrogen-bond donors (Lipinski definition) is 1. The summed E-state index contributed by atoms with van der Waals surface area (Å²) in [5.41, 5.74) is -0.0565. The lowest BCUT2D eigenvalue weighted by molar-refractivity contribution is -0.122. The highest BCUT2D eigenvalue weighted by Crippen LogP contribution is 2.10. The molecular weight excluding hydrogens is 371 g/mol. The Balaban J connectivity index is 2.04. The van der Waals surface area contributed by atoms with E-state index in [0.29, 0.717) is 11.1 Å². The number of carbonyl (C=O) groups excluding carboxylic acids is 1. The van der Waals surface area contributed by atoms with Crippen molar-refractivity contribution in [1.82, 2.24) is 18.8 Å². The van der Waals surface area contributed by atoms with Crippen molar-refractivity contribution in [3.05, 3.63) is 61.9 Å². The zero-order chi connectivity index (χ0) is 19.6. The minimum atomic E-state index is -0.601. The highest BCUT2D eigenvalue weighted by atomic mass is 32.1. The van der Waals surface area contributed by atoms with Crippen molar-refractivity contribution in [2.75, 3.05) is 0 Å². The molecule has 0 aliphatic carbocycles. The molecule has 0 saturated carbocycles. The fraction of sp³-hybridized carbons (Fsp3) is 0.333. The number of fused-ring (bicyclic) bond motifs is 1. The topological polar surface area (TPSA) is 86.0 Å². The Morgan fingerprint density at radius 3 is 2.63 bits per heavy atom. The predicted octanol–water partition coefficient (Wildman–Crippen LogP) is 1.72. The number of rotatable bonds is 6. The van der Waals surface area contributed by atoms with Gasteiger partial charge in [0.05, 0.1) is 12.1 Å². The maximum Gasteiger partial charge on any atom is 0.332 e. The number of amides is 1. The van der Waals surface area contributed by atoms with Crippen molar-refractivity contribution < 1.29 is 9.18 Å². The first-order chi connectivity index (χ1) is 12.9. The third kappa shape index (κ3) is 3.97. The van der Waals surface area contributed by atoms with Crippen LogP contribution < -0.4 is 16.6 Å². The van der Waals surface area contributed by atoms with Gasteiger partial charge in [0.2, 0.25) is 5.91 Å². The van der Waals surface area contributed by atoms with Gasteiger partial charge in [-0.25, -0.2) is 9.18 Å². The lowest BCUT2D eigenvalue weighted by Gasteiger charge is -2.14. The van der Waals surface area contributed by atoms with E-state index >= 15 is 0 Å². The first-order valence-corrected chi connectivity index (χ1v) is 9.36. The van der Waals surface area contributed by atoms with Gasteiger partial charge in [-0.2, -0.15) is 4.37 Å². The summed E-state index contributed by atoms with van der Waals surface area (Å²) < 4.78 is 19.5. The van der Waals surface area contributed by atoms with E-state index < -0.39 is 17.1 Å². The van der Waals surface area contributed by atoms with E-state index in [-0.39, 0.29) is 30.6 Å². The molecule has 27 heavy (non-hydrogen) atoms. The average Bonchev–Trinajstić information content (AvgIpc) is 3.13. The van der Waals surface area contributed by atoms with E-state index in [0.717, 1.165) is 22.5 Å². The Morgan fingerprint density at radius 1 is 1.26 bits per heavy atom. The number of carbonyl (C=O) groups is 1. The third-order valence-corrected chi connectivity index (χ3v) is 4.94. The molecule has 0 aliphatic heterocycles. The fourth-order valence-corrected chi connectivity index (χ4v) is 3.33. The van der Waals surface area contributed by atoms with Crippen LogP contribution in [0, 0.1) is 5.82 Å². The minimum Gasteiger partial charge on any atom is -0.352 e. The molecule has 0 fully saturated rings. The van der Waals surface area contributed by atoms with Crippen LogP contribution in [0.15, 0.2) is 39.2 Å². The standard InChI is InChI=1S/C18H19FN4O3S/c1-3-11(2)20-15(24)9-22-14-10-27-21-16(14)17(25)23(18(22)26)8-12-4-6-13(19)7-5-12/h4-7,10-11H,3,8-9H2,1-2H3,(H,20,24)/t11-/m0/s1. The Kier molecular flexibility index (Phi) is 5.50. The Morgan fingerprint density at radius 2 is 1.96 bits per heavy atom. The van der Waals surface area contributed by atoms with E-state index in [1.165, 1.54) is 28.8 Å². The lowest BCUT2D eigenvalue weighted by Crippen LogP contribution is -2.43. The van der Waals surface area contributed by atoms with Crippen molar-refractivity contribution >= 4 is 28.5 Å². The molecule has 1 aromatic carbocycles. The quantitative estimate of drug-likeness (QED) is 0.694. The molecule has 9 heteroatoms. The van der Waals surface area contributed by atoms with Gasteiger partial charge in [-0.3, -0.25) is 18.7 Å². The molecule has 3 aromatic rings. The number of benzene rings is 1. The Bertz CT molecular complexity index is 1080. The summed E-state index contributed by atoms with van der Waals surface area (Å²) in [6.45, 7) is 3.58. The zero-order valence-electron chi connectivity index (χ0n) is 14.9. The molecule has 0 radical (unpaired) electrons. The summed E-state index contributed by atoms with van der Waals surface area (Å²) in [4.78, 5) is 37.9. The number of nitrogens with zero attached hydrogens (tertiary/aromatic N) is 3. The highest BCUT2D eigenvalue weighted by molar-refractivity contribution is 7.04. The molecule has 2 heterocycles. The van der Waals surface area contributed by atoms with Crippen molar-refractivity contribution in [2.45, 2.75) is 39.4 Å².